The van der Waals surface area contributed by atoms with Crippen molar-refractivity contribution >= 4 is 17.9 Å². The molecule has 0 rings (SSSR count). The Bertz CT molecular complexity index is 415. The molecule has 0 aliphatic carbocycles. The average Bonchev–Trinajstić information content (AvgIpc) is 2.46. The molecule has 0 bridgehead atoms. The third kappa shape index (κ3) is 6.99. The molecular formula is C16H28O7. The molecule has 7 nitrogen and oxygen atoms in total. The van der Waals surface area contributed by atoms with Crippen LogP contribution in [0.1, 0.15) is 66.2 Å². The summed E-state index contributed by atoms with van der Waals surface area (Å²) in [6, 6.07) is 0. The average molecular weight is 332 g/mol. The van der Waals surface area contributed by atoms with E-state index >= 15 is 0 Å². The largest absolute Gasteiger partial charge is 0.481 e. The van der Waals surface area contributed by atoms with Crippen molar-refractivity contribution in [1.29, 1.82) is 0 Å². The lowest BCUT2D eigenvalue weighted by atomic mass is 9.94. The van der Waals surface area contributed by atoms with Gasteiger partial charge in [0.15, 0.2) is 5.60 Å². The van der Waals surface area contributed by atoms with Crippen molar-refractivity contribution in [2.75, 3.05) is 6.61 Å². The van der Waals surface area contributed by atoms with Crippen molar-refractivity contribution in [2.45, 2.75) is 77.4 Å². The summed E-state index contributed by atoms with van der Waals surface area (Å²) in [6.07, 6.45) is 1.06. The zero-order chi connectivity index (χ0) is 18.1. The first-order valence-electron chi connectivity index (χ1n) is 7.95. The molecule has 0 aromatic heterocycles. The van der Waals surface area contributed by atoms with E-state index in [1.807, 2.05) is 20.8 Å². The first-order chi connectivity index (χ1) is 10.6. The summed E-state index contributed by atoms with van der Waals surface area (Å²) in [4.78, 5) is 34.8. The van der Waals surface area contributed by atoms with Gasteiger partial charge in [0.05, 0.1) is 12.8 Å². The van der Waals surface area contributed by atoms with Crippen LogP contribution >= 0.6 is 0 Å². The van der Waals surface area contributed by atoms with E-state index in [-0.39, 0.29) is 6.61 Å². The molecule has 0 spiro atoms. The summed E-state index contributed by atoms with van der Waals surface area (Å²) in [6.45, 7) is 7.43. The fourth-order valence-corrected chi connectivity index (χ4v) is 1.97. The number of carboxylic acid groups (broad SMARTS) is 2. The molecule has 1 unspecified atom stereocenters. The van der Waals surface area contributed by atoms with Crippen LogP contribution in [0.25, 0.3) is 0 Å². The molecule has 0 saturated heterocycles. The van der Waals surface area contributed by atoms with Crippen LogP contribution in [-0.2, 0) is 23.9 Å². The normalized spacial score (nSPS) is 14.1. The summed E-state index contributed by atoms with van der Waals surface area (Å²) in [5.41, 5.74) is -2.80. The molecule has 0 heterocycles. The highest BCUT2D eigenvalue weighted by atomic mass is 16.6. The van der Waals surface area contributed by atoms with E-state index in [2.05, 4.69) is 0 Å². The van der Waals surface area contributed by atoms with Gasteiger partial charge in [0.2, 0.25) is 0 Å². The van der Waals surface area contributed by atoms with E-state index in [1.54, 1.807) is 6.92 Å². The second-order valence-corrected chi connectivity index (χ2v) is 5.88. The Morgan fingerprint density at radius 1 is 1.00 bits per heavy atom. The molecule has 0 fully saturated rings. The minimum absolute atomic E-state index is 0.0716. The van der Waals surface area contributed by atoms with Crippen molar-refractivity contribution in [2.24, 2.45) is 0 Å². The van der Waals surface area contributed by atoms with E-state index in [1.165, 1.54) is 0 Å². The van der Waals surface area contributed by atoms with Crippen LogP contribution in [0, 0.1) is 0 Å². The van der Waals surface area contributed by atoms with E-state index in [0.717, 1.165) is 6.42 Å². The number of carbonyl (C=O) groups is 3. The van der Waals surface area contributed by atoms with Gasteiger partial charge < -0.3 is 19.7 Å². The Hall–Kier alpha value is -1.63. The summed E-state index contributed by atoms with van der Waals surface area (Å²) in [5.74, 6) is -3.58. The second-order valence-electron chi connectivity index (χ2n) is 5.88. The Labute approximate surface area is 137 Å². The Kier molecular flexibility index (Phi) is 8.82. The summed E-state index contributed by atoms with van der Waals surface area (Å²) >= 11 is 0. The Morgan fingerprint density at radius 3 is 1.96 bits per heavy atom. The molecule has 0 amide bonds. The van der Waals surface area contributed by atoms with Gasteiger partial charge in [0.1, 0.15) is 5.60 Å². The molecule has 0 radical (unpaired) electrons. The van der Waals surface area contributed by atoms with Crippen LogP contribution in [0.15, 0.2) is 0 Å². The number of carboxylic acids is 2. The third-order valence-electron chi connectivity index (χ3n) is 3.99. The molecule has 0 aromatic carbocycles. The van der Waals surface area contributed by atoms with Crippen LogP contribution < -0.4 is 0 Å². The van der Waals surface area contributed by atoms with Gasteiger partial charge in [-0.1, -0.05) is 27.2 Å². The standard InChI is InChI=1S/C16H28O7/c1-5-8-9-22-16(14(20)21,10-12(17)18)11-13(19)23-15(4,6-2)7-3/h5-11H2,1-4H3,(H,17,18)(H,20,21). The number of hydrogen-bond donors (Lipinski definition) is 2. The number of unbranched alkanes of at least 4 members (excludes halogenated alkanes) is 1. The van der Waals surface area contributed by atoms with Crippen LogP contribution in [0.3, 0.4) is 0 Å². The third-order valence-corrected chi connectivity index (χ3v) is 3.99. The van der Waals surface area contributed by atoms with Crippen LogP contribution in [0.5, 0.6) is 0 Å². The van der Waals surface area contributed by atoms with Crippen LogP contribution in [-0.4, -0.2) is 45.9 Å². The minimum Gasteiger partial charge on any atom is -0.481 e. The van der Waals surface area contributed by atoms with E-state index < -0.39 is 42.0 Å². The summed E-state index contributed by atoms with van der Waals surface area (Å²) < 4.78 is 10.7. The molecule has 0 aromatic rings. The number of hydrogen-bond acceptors (Lipinski definition) is 5. The van der Waals surface area contributed by atoms with Crippen molar-refractivity contribution in [3.8, 4) is 0 Å². The highest BCUT2D eigenvalue weighted by Crippen LogP contribution is 2.26. The number of carbonyl (C=O) groups excluding carboxylic acids is 1. The molecule has 0 aliphatic heterocycles. The number of esters is 1. The summed E-state index contributed by atoms with van der Waals surface area (Å²) in [5, 5.41) is 18.4. The van der Waals surface area contributed by atoms with Gasteiger partial charge in [-0.2, -0.15) is 0 Å². The van der Waals surface area contributed by atoms with Crippen molar-refractivity contribution in [3.63, 3.8) is 0 Å². The maximum absolute atomic E-state index is 12.2. The van der Waals surface area contributed by atoms with Crippen molar-refractivity contribution in [3.05, 3.63) is 0 Å². The zero-order valence-electron chi connectivity index (χ0n) is 14.4. The van der Waals surface area contributed by atoms with Crippen molar-refractivity contribution < 1.29 is 34.1 Å². The molecule has 1 atom stereocenters. The van der Waals surface area contributed by atoms with Gasteiger partial charge in [0, 0.05) is 6.61 Å². The van der Waals surface area contributed by atoms with Gasteiger partial charge >= 0.3 is 17.9 Å². The quantitative estimate of drug-likeness (QED) is 0.417. The fourth-order valence-electron chi connectivity index (χ4n) is 1.97. The molecular weight excluding hydrogens is 304 g/mol. The maximum Gasteiger partial charge on any atom is 0.337 e. The highest BCUT2D eigenvalue weighted by Gasteiger charge is 2.45. The van der Waals surface area contributed by atoms with Crippen molar-refractivity contribution in [1.82, 2.24) is 0 Å². The van der Waals surface area contributed by atoms with Gasteiger partial charge in [-0.15, -0.1) is 0 Å². The molecule has 23 heavy (non-hydrogen) atoms. The van der Waals surface area contributed by atoms with Gasteiger partial charge in [-0.05, 0) is 26.2 Å². The van der Waals surface area contributed by atoms with E-state index in [4.69, 9.17) is 14.6 Å². The number of rotatable bonds is 12. The van der Waals surface area contributed by atoms with Crippen LogP contribution in [0.2, 0.25) is 0 Å². The smallest absolute Gasteiger partial charge is 0.337 e. The summed E-state index contributed by atoms with van der Waals surface area (Å²) in [7, 11) is 0. The lowest BCUT2D eigenvalue weighted by Crippen LogP contribution is -2.47. The molecule has 7 heteroatoms. The van der Waals surface area contributed by atoms with Gasteiger partial charge in [-0.25, -0.2) is 4.79 Å². The topological polar surface area (TPSA) is 110 Å². The van der Waals surface area contributed by atoms with Gasteiger partial charge in [-0.3, -0.25) is 9.59 Å². The second kappa shape index (κ2) is 9.50. The number of aliphatic carboxylic acids is 2. The van der Waals surface area contributed by atoms with Gasteiger partial charge in [0.25, 0.3) is 0 Å². The maximum atomic E-state index is 12.2. The monoisotopic (exact) mass is 332 g/mol. The highest BCUT2D eigenvalue weighted by molar-refractivity contribution is 5.89. The molecule has 0 saturated carbocycles. The lowest BCUT2D eigenvalue weighted by molar-refractivity contribution is -0.184. The minimum atomic E-state index is -2.10. The SMILES string of the molecule is CCCCOC(CC(=O)O)(CC(=O)OC(C)(CC)CC)C(=O)O. The predicted molar refractivity (Wildman–Crippen MR) is 83.2 cm³/mol. The van der Waals surface area contributed by atoms with E-state index in [9.17, 15) is 19.5 Å². The zero-order valence-corrected chi connectivity index (χ0v) is 14.4. The lowest BCUT2D eigenvalue weighted by Gasteiger charge is -2.31. The Balaban J connectivity index is 5.21. The first-order valence-corrected chi connectivity index (χ1v) is 7.95. The van der Waals surface area contributed by atoms with Crippen LogP contribution in [0.4, 0.5) is 0 Å². The van der Waals surface area contributed by atoms with E-state index in [0.29, 0.717) is 19.3 Å². The Morgan fingerprint density at radius 2 is 1.57 bits per heavy atom. The molecule has 0 aliphatic rings. The predicted octanol–water partition coefficient (Wildman–Crippen LogP) is 2.61. The molecule has 2 N–H and O–H groups in total. The fraction of sp³-hybridized carbons (Fsp3) is 0.812. The number of ether oxygens (including phenoxy) is 2. The molecule has 134 valence electrons. The first kappa shape index (κ1) is 21.4.